The molecule has 118 valence electrons. The van der Waals surface area contributed by atoms with E-state index in [2.05, 4.69) is 28.1 Å². The van der Waals surface area contributed by atoms with E-state index < -0.39 is 0 Å². The lowest BCUT2D eigenvalue weighted by Gasteiger charge is -2.38. The predicted octanol–water partition coefficient (Wildman–Crippen LogP) is 2.40. The molecule has 0 saturated heterocycles. The number of hydrogen-bond acceptors (Lipinski definition) is 3. The lowest BCUT2D eigenvalue weighted by atomic mass is 9.70. The van der Waals surface area contributed by atoms with Crippen LogP contribution in [0, 0.1) is 17.3 Å². The molecule has 1 aromatic rings. The summed E-state index contributed by atoms with van der Waals surface area (Å²) in [4.78, 5) is 4.50. The number of methoxy groups -OCH3 is 1. The van der Waals surface area contributed by atoms with Gasteiger partial charge >= 0.3 is 0 Å². The molecule has 2 aliphatic carbocycles. The van der Waals surface area contributed by atoms with Crippen LogP contribution in [0.3, 0.4) is 0 Å². The maximum atomic E-state index is 5.16. The number of hydrogen-bond donors (Lipinski definition) is 1. The third kappa shape index (κ3) is 3.16. The van der Waals surface area contributed by atoms with E-state index in [1.54, 1.807) is 7.11 Å². The molecule has 2 saturated carbocycles. The Labute approximate surface area is 128 Å². The molecule has 0 radical (unpaired) electrons. The summed E-state index contributed by atoms with van der Waals surface area (Å²) in [6, 6.07) is 0. The second-order valence-electron chi connectivity index (χ2n) is 7.07. The van der Waals surface area contributed by atoms with Crippen LogP contribution in [-0.2, 0) is 18.2 Å². The van der Waals surface area contributed by atoms with Gasteiger partial charge in [0.15, 0.2) is 0 Å². The number of aromatic nitrogens is 2. The molecule has 0 aromatic carbocycles. The predicted molar refractivity (Wildman–Crippen MR) is 84.2 cm³/mol. The Morgan fingerprint density at radius 3 is 3.00 bits per heavy atom. The summed E-state index contributed by atoms with van der Waals surface area (Å²) in [7, 11) is 3.88. The zero-order valence-electron chi connectivity index (χ0n) is 13.5. The first kappa shape index (κ1) is 15.0. The average molecular weight is 291 g/mol. The normalized spacial score (nSPS) is 31.1. The fourth-order valence-corrected chi connectivity index (χ4v) is 4.68. The topological polar surface area (TPSA) is 39.1 Å². The molecule has 2 bridgehead atoms. The number of ether oxygens (including phenoxy) is 1. The van der Waals surface area contributed by atoms with E-state index in [4.69, 9.17) is 4.74 Å². The van der Waals surface area contributed by atoms with Crippen molar-refractivity contribution >= 4 is 0 Å². The van der Waals surface area contributed by atoms with Crippen molar-refractivity contribution in [2.75, 3.05) is 26.8 Å². The molecular weight excluding hydrogens is 262 g/mol. The highest BCUT2D eigenvalue weighted by atomic mass is 16.5. The maximum absolute atomic E-state index is 5.16. The summed E-state index contributed by atoms with van der Waals surface area (Å²) in [5, 5.41) is 3.65. The number of rotatable bonds is 8. The van der Waals surface area contributed by atoms with Gasteiger partial charge in [0.2, 0.25) is 0 Å². The average Bonchev–Trinajstić information content (AvgIpc) is 3.18. The van der Waals surface area contributed by atoms with Crippen molar-refractivity contribution in [3.8, 4) is 0 Å². The lowest BCUT2D eigenvalue weighted by Crippen LogP contribution is -2.40. The summed E-state index contributed by atoms with van der Waals surface area (Å²) in [6.07, 6.45) is 12.1. The van der Waals surface area contributed by atoms with Crippen LogP contribution in [-0.4, -0.2) is 36.4 Å². The molecule has 0 spiro atoms. The Hall–Kier alpha value is -0.870. The first-order valence-electron chi connectivity index (χ1n) is 8.39. The van der Waals surface area contributed by atoms with Crippen molar-refractivity contribution in [3.63, 3.8) is 0 Å². The van der Waals surface area contributed by atoms with Gasteiger partial charge in [0.25, 0.3) is 0 Å². The van der Waals surface area contributed by atoms with Crippen molar-refractivity contribution in [2.24, 2.45) is 24.3 Å². The van der Waals surface area contributed by atoms with E-state index in [1.165, 1.54) is 37.9 Å². The molecule has 0 aliphatic heterocycles. The quantitative estimate of drug-likeness (QED) is 0.748. The van der Waals surface area contributed by atoms with Crippen LogP contribution >= 0.6 is 0 Å². The highest BCUT2D eigenvalue weighted by molar-refractivity contribution is 5.03. The van der Waals surface area contributed by atoms with Crippen LogP contribution in [0.25, 0.3) is 0 Å². The number of fused-ring (bicyclic) bond motifs is 2. The Kier molecular flexibility index (Phi) is 4.65. The van der Waals surface area contributed by atoms with Gasteiger partial charge < -0.3 is 14.6 Å². The minimum Gasteiger partial charge on any atom is -0.383 e. The zero-order valence-corrected chi connectivity index (χ0v) is 13.5. The van der Waals surface area contributed by atoms with Crippen molar-refractivity contribution in [3.05, 3.63) is 18.2 Å². The third-order valence-corrected chi connectivity index (χ3v) is 5.83. The molecule has 0 amide bonds. The largest absolute Gasteiger partial charge is 0.383 e. The van der Waals surface area contributed by atoms with Crippen LogP contribution in [0.1, 0.15) is 37.9 Å². The third-order valence-electron chi connectivity index (χ3n) is 5.83. The van der Waals surface area contributed by atoms with E-state index in [0.29, 0.717) is 5.41 Å². The van der Waals surface area contributed by atoms with Gasteiger partial charge in [-0.1, -0.05) is 6.42 Å². The van der Waals surface area contributed by atoms with Gasteiger partial charge in [-0.05, 0) is 42.9 Å². The Morgan fingerprint density at radius 1 is 1.48 bits per heavy atom. The second kappa shape index (κ2) is 6.49. The van der Waals surface area contributed by atoms with Crippen LogP contribution < -0.4 is 5.32 Å². The smallest absolute Gasteiger partial charge is 0.108 e. The molecule has 3 unspecified atom stereocenters. The molecule has 4 heteroatoms. The molecule has 2 aliphatic rings. The van der Waals surface area contributed by atoms with Gasteiger partial charge in [0.05, 0.1) is 6.61 Å². The van der Waals surface area contributed by atoms with Gasteiger partial charge in [-0.3, -0.25) is 0 Å². The first-order chi connectivity index (χ1) is 10.2. The number of nitrogens with one attached hydrogen (secondary N) is 1. The summed E-state index contributed by atoms with van der Waals surface area (Å²) in [6.45, 7) is 2.93. The minimum atomic E-state index is 0.503. The van der Waals surface area contributed by atoms with E-state index in [-0.39, 0.29) is 0 Å². The standard InChI is InChI=1S/C17H29N3O/c1-20-9-7-19-16(20)5-6-17(13-18-8-10-21-2)12-14-3-4-15(17)11-14/h7,9,14-15,18H,3-6,8,10-13H2,1-2H3. The van der Waals surface area contributed by atoms with E-state index >= 15 is 0 Å². The fraction of sp³-hybridized carbons (Fsp3) is 0.824. The van der Waals surface area contributed by atoms with Crippen LogP contribution in [0.15, 0.2) is 12.4 Å². The number of imidazole rings is 1. The Morgan fingerprint density at radius 2 is 2.38 bits per heavy atom. The fourth-order valence-electron chi connectivity index (χ4n) is 4.68. The van der Waals surface area contributed by atoms with Crippen molar-refractivity contribution < 1.29 is 4.74 Å². The van der Waals surface area contributed by atoms with Gasteiger partial charge in [0.1, 0.15) is 5.82 Å². The van der Waals surface area contributed by atoms with Gasteiger partial charge in [-0.2, -0.15) is 0 Å². The highest BCUT2D eigenvalue weighted by Crippen LogP contribution is 2.57. The van der Waals surface area contributed by atoms with Crippen LogP contribution in [0.5, 0.6) is 0 Å². The summed E-state index contributed by atoms with van der Waals surface area (Å²) >= 11 is 0. The van der Waals surface area contributed by atoms with Gasteiger partial charge in [0, 0.05) is 46.1 Å². The number of nitrogens with zero attached hydrogens (tertiary/aromatic N) is 2. The number of aryl methyl sites for hydroxylation is 2. The van der Waals surface area contributed by atoms with E-state index in [1.807, 2.05) is 6.20 Å². The molecule has 1 N–H and O–H groups in total. The zero-order chi connectivity index (χ0) is 14.7. The second-order valence-corrected chi connectivity index (χ2v) is 7.07. The van der Waals surface area contributed by atoms with E-state index in [0.717, 1.165) is 38.0 Å². The van der Waals surface area contributed by atoms with Crippen molar-refractivity contribution in [2.45, 2.75) is 38.5 Å². The van der Waals surface area contributed by atoms with E-state index in [9.17, 15) is 0 Å². The molecule has 4 nitrogen and oxygen atoms in total. The molecule has 2 fully saturated rings. The molecule has 3 rings (SSSR count). The van der Waals surface area contributed by atoms with Gasteiger partial charge in [-0.25, -0.2) is 4.98 Å². The minimum absolute atomic E-state index is 0.503. The molecule has 1 aromatic heterocycles. The summed E-state index contributed by atoms with van der Waals surface area (Å²) < 4.78 is 7.33. The maximum Gasteiger partial charge on any atom is 0.108 e. The Balaban J connectivity index is 1.61. The van der Waals surface area contributed by atoms with Crippen molar-refractivity contribution in [1.82, 2.24) is 14.9 Å². The SMILES string of the molecule is COCCNCC1(CCc2nccn2C)CC2CCC1C2. The Bertz CT molecular complexity index is 459. The van der Waals surface area contributed by atoms with Crippen LogP contribution in [0.2, 0.25) is 0 Å². The highest BCUT2D eigenvalue weighted by Gasteiger charge is 2.50. The molecule has 1 heterocycles. The summed E-state index contributed by atoms with van der Waals surface area (Å²) in [5.41, 5.74) is 0.503. The summed E-state index contributed by atoms with van der Waals surface area (Å²) in [5.74, 6) is 3.15. The van der Waals surface area contributed by atoms with Crippen molar-refractivity contribution in [1.29, 1.82) is 0 Å². The molecule has 3 atom stereocenters. The van der Waals surface area contributed by atoms with Crippen LogP contribution in [0.4, 0.5) is 0 Å². The molecular formula is C17H29N3O. The monoisotopic (exact) mass is 291 g/mol. The molecule has 21 heavy (non-hydrogen) atoms. The first-order valence-corrected chi connectivity index (χ1v) is 8.39. The van der Waals surface area contributed by atoms with Gasteiger partial charge in [-0.15, -0.1) is 0 Å². The lowest BCUT2D eigenvalue weighted by molar-refractivity contribution is 0.133.